The lowest BCUT2D eigenvalue weighted by Gasteiger charge is -2.40. The first-order valence-electron chi connectivity index (χ1n) is 6.52. The fourth-order valence-corrected chi connectivity index (χ4v) is 2.36. The summed E-state index contributed by atoms with van der Waals surface area (Å²) in [6.07, 6.45) is 5.55. The lowest BCUT2D eigenvalue weighted by molar-refractivity contribution is -0.136. The Labute approximate surface area is 108 Å². The van der Waals surface area contributed by atoms with Gasteiger partial charge in [-0.15, -0.1) is 0 Å². The SMILES string of the molecule is CNC1(C)CCN(C(=O)C(C)n2cccn2)CC1. The molecule has 1 atom stereocenters. The number of likely N-dealkylation sites (tertiary alicyclic amines) is 1. The van der Waals surface area contributed by atoms with E-state index in [1.165, 1.54) is 0 Å². The van der Waals surface area contributed by atoms with Crippen molar-refractivity contribution >= 4 is 5.91 Å². The average Bonchev–Trinajstić information content (AvgIpc) is 2.92. The third-order valence-electron chi connectivity index (χ3n) is 4.06. The molecule has 1 unspecified atom stereocenters. The Morgan fingerprint density at radius 2 is 2.11 bits per heavy atom. The van der Waals surface area contributed by atoms with Gasteiger partial charge in [-0.2, -0.15) is 5.10 Å². The van der Waals surface area contributed by atoms with E-state index in [0.29, 0.717) is 0 Å². The zero-order valence-electron chi connectivity index (χ0n) is 11.4. The number of hydrogen-bond acceptors (Lipinski definition) is 3. The van der Waals surface area contributed by atoms with E-state index in [0.717, 1.165) is 25.9 Å². The minimum atomic E-state index is -0.209. The van der Waals surface area contributed by atoms with E-state index in [2.05, 4.69) is 17.3 Å². The van der Waals surface area contributed by atoms with E-state index in [1.807, 2.05) is 31.1 Å². The summed E-state index contributed by atoms with van der Waals surface area (Å²) < 4.78 is 1.72. The predicted molar refractivity (Wildman–Crippen MR) is 70.2 cm³/mol. The second-order valence-corrected chi connectivity index (χ2v) is 5.30. The first kappa shape index (κ1) is 13.1. The minimum Gasteiger partial charge on any atom is -0.341 e. The molecule has 1 aromatic heterocycles. The molecule has 2 heterocycles. The molecule has 0 spiro atoms. The summed E-state index contributed by atoms with van der Waals surface area (Å²) in [5, 5.41) is 7.47. The fourth-order valence-electron chi connectivity index (χ4n) is 2.36. The number of aromatic nitrogens is 2. The van der Waals surface area contributed by atoms with Gasteiger partial charge in [0.05, 0.1) is 0 Å². The van der Waals surface area contributed by atoms with Crippen molar-refractivity contribution in [2.45, 2.75) is 38.3 Å². The molecule has 2 rings (SSSR count). The zero-order valence-corrected chi connectivity index (χ0v) is 11.4. The molecule has 5 nitrogen and oxygen atoms in total. The van der Waals surface area contributed by atoms with Crippen molar-refractivity contribution in [1.82, 2.24) is 20.0 Å². The van der Waals surface area contributed by atoms with Crippen LogP contribution in [0.25, 0.3) is 0 Å². The lowest BCUT2D eigenvalue weighted by Crippen LogP contribution is -2.52. The monoisotopic (exact) mass is 250 g/mol. The number of hydrogen-bond donors (Lipinski definition) is 1. The standard InChI is InChI=1S/C13H22N4O/c1-11(17-8-4-7-15-17)12(18)16-9-5-13(2,14-3)6-10-16/h4,7-8,11,14H,5-6,9-10H2,1-3H3. The van der Waals surface area contributed by atoms with Crippen LogP contribution in [0.1, 0.15) is 32.7 Å². The van der Waals surface area contributed by atoms with Crippen LogP contribution in [0.4, 0.5) is 0 Å². The molecule has 100 valence electrons. The summed E-state index contributed by atoms with van der Waals surface area (Å²) in [4.78, 5) is 14.3. The topological polar surface area (TPSA) is 50.2 Å². The van der Waals surface area contributed by atoms with Crippen LogP contribution in [0, 0.1) is 0 Å². The molecule has 1 fully saturated rings. The molecule has 1 amide bonds. The van der Waals surface area contributed by atoms with Gasteiger partial charge in [-0.05, 0) is 39.8 Å². The molecule has 1 aromatic rings. The molecular weight excluding hydrogens is 228 g/mol. The number of piperidine rings is 1. The summed E-state index contributed by atoms with van der Waals surface area (Å²) in [5.74, 6) is 0.164. The van der Waals surface area contributed by atoms with E-state index >= 15 is 0 Å². The molecule has 1 aliphatic heterocycles. The van der Waals surface area contributed by atoms with Gasteiger partial charge >= 0.3 is 0 Å². The largest absolute Gasteiger partial charge is 0.341 e. The molecule has 5 heteroatoms. The van der Waals surface area contributed by atoms with E-state index < -0.39 is 0 Å². The van der Waals surface area contributed by atoms with Crippen molar-refractivity contribution in [1.29, 1.82) is 0 Å². The Balaban J connectivity index is 1.96. The van der Waals surface area contributed by atoms with Gasteiger partial charge in [0.25, 0.3) is 0 Å². The third kappa shape index (κ3) is 2.56. The van der Waals surface area contributed by atoms with Gasteiger partial charge in [0.1, 0.15) is 6.04 Å². The van der Waals surface area contributed by atoms with E-state index in [4.69, 9.17) is 0 Å². The lowest BCUT2D eigenvalue weighted by atomic mass is 9.89. The van der Waals surface area contributed by atoms with Gasteiger partial charge in [0.2, 0.25) is 5.91 Å². The Morgan fingerprint density at radius 1 is 1.44 bits per heavy atom. The van der Waals surface area contributed by atoms with Crippen LogP contribution in [0.5, 0.6) is 0 Å². The van der Waals surface area contributed by atoms with E-state index in [9.17, 15) is 4.79 Å². The summed E-state index contributed by atoms with van der Waals surface area (Å²) in [6.45, 7) is 5.76. The van der Waals surface area contributed by atoms with Crippen molar-refractivity contribution in [2.75, 3.05) is 20.1 Å². The highest BCUT2D eigenvalue weighted by Gasteiger charge is 2.32. The molecular formula is C13H22N4O. The highest BCUT2D eigenvalue weighted by molar-refractivity contribution is 5.80. The first-order valence-corrected chi connectivity index (χ1v) is 6.52. The predicted octanol–water partition coefficient (Wildman–Crippen LogP) is 1.04. The van der Waals surface area contributed by atoms with E-state index in [1.54, 1.807) is 10.9 Å². The summed E-state index contributed by atoms with van der Waals surface area (Å²) in [6, 6.07) is 1.64. The van der Waals surface area contributed by atoms with Crippen molar-refractivity contribution in [3.63, 3.8) is 0 Å². The number of carbonyl (C=O) groups is 1. The van der Waals surface area contributed by atoms with Crippen LogP contribution in [0.2, 0.25) is 0 Å². The maximum absolute atomic E-state index is 12.3. The second kappa shape index (κ2) is 5.10. The third-order valence-corrected chi connectivity index (χ3v) is 4.06. The summed E-state index contributed by atoms with van der Waals surface area (Å²) in [7, 11) is 1.99. The molecule has 0 radical (unpaired) electrons. The molecule has 0 aliphatic carbocycles. The highest BCUT2D eigenvalue weighted by atomic mass is 16.2. The van der Waals surface area contributed by atoms with Crippen molar-refractivity contribution in [2.24, 2.45) is 0 Å². The smallest absolute Gasteiger partial charge is 0.247 e. The van der Waals surface area contributed by atoms with Crippen LogP contribution in [0.15, 0.2) is 18.5 Å². The second-order valence-electron chi connectivity index (χ2n) is 5.30. The fraction of sp³-hybridized carbons (Fsp3) is 0.692. The number of nitrogens with zero attached hydrogens (tertiary/aromatic N) is 3. The van der Waals surface area contributed by atoms with Crippen LogP contribution < -0.4 is 5.32 Å². The first-order chi connectivity index (χ1) is 8.56. The molecule has 1 aliphatic rings. The molecule has 0 bridgehead atoms. The Kier molecular flexibility index (Phi) is 3.71. The number of amides is 1. The average molecular weight is 250 g/mol. The van der Waals surface area contributed by atoms with Crippen LogP contribution in [0.3, 0.4) is 0 Å². The quantitative estimate of drug-likeness (QED) is 0.872. The minimum absolute atomic E-state index is 0.164. The van der Waals surface area contributed by atoms with Crippen molar-refractivity contribution in [3.8, 4) is 0 Å². The van der Waals surface area contributed by atoms with Gasteiger partial charge in [0, 0.05) is 31.0 Å². The van der Waals surface area contributed by atoms with E-state index in [-0.39, 0.29) is 17.5 Å². The number of carbonyl (C=O) groups excluding carboxylic acids is 1. The van der Waals surface area contributed by atoms with Crippen molar-refractivity contribution in [3.05, 3.63) is 18.5 Å². The van der Waals surface area contributed by atoms with Crippen LogP contribution in [-0.4, -0.2) is 46.3 Å². The van der Waals surface area contributed by atoms with Gasteiger partial charge in [-0.3, -0.25) is 9.48 Å². The van der Waals surface area contributed by atoms with Gasteiger partial charge in [-0.1, -0.05) is 0 Å². The highest BCUT2D eigenvalue weighted by Crippen LogP contribution is 2.22. The molecule has 1 N–H and O–H groups in total. The number of nitrogens with one attached hydrogen (secondary N) is 1. The molecule has 18 heavy (non-hydrogen) atoms. The Hall–Kier alpha value is -1.36. The van der Waals surface area contributed by atoms with Gasteiger partial charge < -0.3 is 10.2 Å². The maximum Gasteiger partial charge on any atom is 0.247 e. The van der Waals surface area contributed by atoms with Crippen LogP contribution >= 0.6 is 0 Å². The van der Waals surface area contributed by atoms with Gasteiger partial charge in [-0.25, -0.2) is 0 Å². The Bertz CT molecular complexity index is 393. The number of rotatable bonds is 3. The van der Waals surface area contributed by atoms with Gasteiger partial charge in [0.15, 0.2) is 0 Å². The summed E-state index contributed by atoms with van der Waals surface area (Å²) >= 11 is 0. The zero-order chi connectivity index (χ0) is 13.2. The molecule has 0 aromatic carbocycles. The van der Waals surface area contributed by atoms with Crippen LogP contribution in [-0.2, 0) is 4.79 Å². The molecule has 1 saturated heterocycles. The summed E-state index contributed by atoms with van der Waals surface area (Å²) in [5.41, 5.74) is 0.172. The van der Waals surface area contributed by atoms with Crippen molar-refractivity contribution < 1.29 is 4.79 Å². The maximum atomic E-state index is 12.3. The Morgan fingerprint density at radius 3 is 2.61 bits per heavy atom. The molecule has 0 saturated carbocycles. The normalized spacial score (nSPS) is 20.7.